The van der Waals surface area contributed by atoms with E-state index < -0.39 is 0 Å². The first-order valence-corrected chi connectivity index (χ1v) is 6.53. The molecule has 0 aliphatic carbocycles. The van der Waals surface area contributed by atoms with E-state index in [1.807, 2.05) is 12.1 Å². The number of rotatable bonds is 3. The van der Waals surface area contributed by atoms with Crippen molar-refractivity contribution >= 4 is 17.5 Å². The second-order valence-corrected chi connectivity index (χ2v) is 4.37. The highest BCUT2D eigenvalue weighted by Crippen LogP contribution is 2.31. The van der Waals surface area contributed by atoms with Gasteiger partial charge in [0.25, 0.3) is 0 Å². The zero-order valence-electron chi connectivity index (χ0n) is 11.6. The zero-order valence-corrected chi connectivity index (χ0v) is 11.6. The van der Waals surface area contributed by atoms with Crippen LogP contribution in [0, 0.1) is 22.7 Å². The van der Waals surface area contributed by atoms with E-state index in [0.717, 1.165) is 23.4 Å². The average Bonchev–Trinajstić information content (AvgIpc) is 2.91. The van der Waals surface area contributed by atoms with E-state index in [9.17, 15) is 4.79 Å². The third-order valence-corrected chi connectivity index (χ3v) is 3.09. The Morgan fingerprint density at radius 1 is 1.48 bits per heavy atom. The van der Waals surface area contributed by atoms with Crippen LogP contribution in [0.25, 0.3) is 0 Å². The highest BCUT2D eigenvalue weighted by molar-refractivity contribution is 5.90. The molecular formula is C15H14N4O2. The summed E-state index contributed by atoms with van der Waals surface area (Å²) >= 11 is 0. The van der Waals surface area contributed by atoms with Gasteiger partial charge in [-0.05, 0) is 37.1 Å². The van der Waals surface area contributed by atoms with E-state index in [1.54, 1.807) is 30.0 Å². The number of ether oxygens (including phenoxy) is 1. The molecule has 21 heavy (non-hydrogen) atoms. The monoisotopic (exact) mass is 282 g/mol. The molecule has 0 spiro atoms. The van der Waals surface area contributed by atoms with Crippen LogP contribution < -0.4 is 10.2 Å². The number of hydrogen-bond donors (Lipinski definition) is 1. The number of allylic oxidation sites excluding steroid dienone is 1. The highest BCUT2D eigenvalue weighted by Gasteiger charge is 2.25. The summed E-state index contributed by atoms with van der Waals surface area (Å²) in [5, 5.41) is 20.2. The van der Waals surface area contributed by atoms with Gasteiger partial charge in [-0.15, -0.1) is 0 Å². The zero-order chi connectivity index (χ0) is 15.2. The molecule has 0 radical (unpaired) electrons. The number of carbonyl (C=O) groups is 1. The Balaban J connectivity index is 2.16. The molecule has 1 aliphatic rings. The minimum atomic E-state index is -0.340. The lowest BCUT2D eigenvalue weighted by atomic mass is 10.1. The Bertz CT molecular complexity index is 651. The highest BCUT2D eigenvalue weighted by atomic mass is 16.6. The van der Waals surface area contributed by atoms with Crippen molar-refractivity contribution in [2.75, 3.05) is 23.4 Å². The van der Waals surface area contributed by atoms with Gasteiger partial charge in [0.05, 0.1) is 12.3 Å². The van der Waals surface area contributed by atoms with Gasteiger partial charge in [-0.1, -0.05) is 0 Å². The summed E-state index contributed by atoms with van der Waals surface area (Å²) in [6.45, 7) is 2.71. The molecule has 1 aliphatic heterocycles. The molecule has 1 amide bonds. The molecular weight excluding hydrogens is 268 g/mol. The van der Waals surface area contributed by atoms with Crippen LogP contribution in [0.5, 0.6) is 0 Å². The van der Waals surface area contributed by atoms with E-state index in [2.05, 4.69) is 5.32 Å². The number of fused-ring (bicyclic) bond motifs is 1. The number of hydrogen-bond acceptors (Lipinski definition) is 5. The van der Waals surface area contributed by atoms with Crippen molar-refractivity contribution in [3.05, 3.63) is 35.5 Å². The van der Waals surface area contributed by atoms with Gasteiger partial charge in [0.15, 0.2) is 0 Å². The maximum absolute atomic E-state index is 11.8. The molecule has 2 rings (SSSR count). The fourth-order valence-electron chi connectivity index (χ4n) is 2.13. The molecule has 6 nitrogen and oxygen atoms in total. The summed E-state index contributed by atoms with van der Waals surface area (Å²) in [6, 6.07) is 9.08. The first-order valence-electron chi connectivity index (χ1n) is 6.53. The minimum Gasteiger partial charge on any atom is -0.449 e. The largest absolute Gasteiger partial charge is 0.449 e. The predicted molar refractivity (Wildman–Crippen MR) is 77.4 cm³/mol. The van der Waals surface area contributed by atoms with Crippen LogP contribution in [-0.4, -0.2) is 19.2 Å². The Hall–Kier alpha value is -2.99. The molecule has 106 valence electrons. The fourth-order valence-corrected chi connectivity index (χ4v) is 2.13. The van der Waals surface area contributed by atoms with E-state index in [4.69, 9.17) is 15.3 Å². The number of benzene rings is 1. The molecule has 0 saturated heterocycles. The Morgan fingerprint density at radius 3 is 2.90 bits per heavy atom. The van der Waals surface area contributed by atoms with Crippen LogP contribution in [-0.2, 0) is 11.2 Å². The lowest BCUT2D eigenvalue weighted by Crippen LogP contribution is -2.29. The van der Waals surface area contributed by atoms with Crippen LogP contribution in [0.3, 0.4) is 0 Å². The second-order valence-electron chi connectivity index (χ2n) is 4.37. The van der Waals surface area contributed by atoms with Crippen molar-refractivity contribution in [1.82, 2.24) is 0 Å². The Morgan fingerprint density at radius 2 is 2.24 bits per heavy atom. The van der Waals surface area contributed by atoms with Gasteiger partial charge in [0.1, 0.15) is 17.7 Å². The van der Waals surface area contributed by atoms with E-state index in [0.29, 0.717) is 13.2 Å². The van der Waals surface area contributed by atoms with Crippen LogP contribution in [0.4, 0.5) is 16.2 Å². The average molecular weight is 282 g/mol. The van der Waals surface area contributed by atoms with Crippen LogP contribution >= 0.6 is 0 Å². The maximum Gasteiger partial charge on any atom is 0.414 e. The quantitative estimate of drug-likeness (QED) is 0.860. The molecule has 0 fully saturated rings. The Kier molecular flexibility index (Phi) is 4.43. The number of anilines is 2. The molecule has 1 aromatic carbocycles. The predicted octanol–water partition coefficient (Wildman–Crippen LogP) is 2.55. The first-order chi connectivity index (χ1) is 10.2. The topological polar surface area (TPSA) is 89.2 Å². The summed E-state index contributed by atoms with van der Waals surface area (Å²) in [4.78, 5) is 13.4. The van der Waals surface area contributed by atoms with Gasteiger partial charge in [0.2, 0.25) is 0 Å². The second kappa shape index (κ2) is 6.44. The molecule has 1 heterocycles. The summed E-state index contributed by atoms with van der Waals surface area (Å²) in [5.74, 6) is 0. The number of amides is 1. The molecule has 6 heteroatoms. The van der Waals surface area contributed by atoms with Crippen molar-refractivity contribution in [2.24, 2.45) is 0 Å². The molecule has 0 unspecified atom stereocenters. The number of carbonyl (C=O) groups excluding carboxylic acids is 1. The fraction of sp³-hybridized carbons (Fsp3) is 0.267. The van der Waals surface area contributed by atoms with Crippen LogP contribution in [0.2, 0.25) is 0 Å². The van der Waals surface area contributed by atoms with Crippen molar-refractivity contribution < 1.29 is 9.53 Å². The molecule has 0 saturated carbocycles. The van der Waals surface area contributed by atoms with Crippen LogP contribution in [0.15, 0.2) is 30.0 Å². The molecule has 0 aromatic heterocycles. The van der Waals surface area contributed by atoms with Gasteiger partial charge in [-0.3, -0.25) is 4.90 Å². The number of nitriles is 2. The van der Waals surface area contributed by atoms with Crippen molar-refractivity contribution in [2.45, 2.75) is 13.3 Å². The summed E-state index contributed by atoms with van der Waals surface area (Å²) in [7, 11) is 0. The SMILES string of the molecule is CCOC(=O)N1CCc2cc(NC=C(C#N)C#N)ccc21. The minimum absolute atomic E-state index is 0.00338. The summed E-state index contributed by atoms with van der Waals surface area (Å²) in [6.07, 6.45) is 1.77. The molecule has 1 N–H and O–H groups in total. The summed E-state index contributed by atoms with van der Waals surface area (Å²) < 4.78 is 5.01. The van der Waals surface area contributed by atoms with E-state index in [-0.39, 0.29) is 11.7 Å². The van der Waals surface area contributed by atoms with Crippen LogP contribution in [0.1, 0.15) is 12.5 Å². The van der Waals surface area contributed by atoms with Gasteiger partial charge in [0, 0.05) is 18.4 Å². The lowest BCUT2D eigenvalue weighted by Gasteiger charge is -2.16. The normalized spacial score (nSPS) is 11.9. The maximum atomic E-state index is 11.8. The van der Waals surface area contributed by atoms with Gasteiger partial charge < -0.3 is 10.1 Å². The number of nitrogens with one attached hydrogen (secondary N) is 1. The standard InChI is InChI=1S/C15H14N4O2/c1-2-21-15(20)19-6-5-12-7-13(3-4-14(12)19)18-10-11(8-16)9-17/h3-4,7,10,18H,2,5-6H2,1H3. The molecule has 0 atom stereocenters. The molecule has 0 bridgehead atoms. The Labute approximate surface area is 122 Å². The van der Waals surface area contributed by atoms with E-state index >= 15 is 0 Å². The summed E-state index contributed by atoms with van der Waals surface area (Å²) in [5.41, 5.74) is 2.63. The third-order valence-electron chi connectivity index (χ3n) is 3.09. The molecule has 1 aromatic rings. The number of nitrogens with zero attached hydrogens (tertiary/aromatic N) is 3. The first kappa shape index (κ1) is 14.4. The van der Waals surface area contributed by atoms with Gasteiger partial charge >= 0.3 is 6.09 Å². The van der Waals surface area contributed by atoms with Gasteiger partial charge in [-0.25, -0.2) is 4.79 Å². The third kappa shape index (κ3) is 3.13. The van der Waals surface area contributed by atoms with Crippen molar-refractivity contribution in [3.8, 4) is 12.1 Å². The van der Waals surface area contributed by atoms with Crippen molar-refractivity contribution in [1.29, 1.82) is 10.5 Å². The smallest absolute Gasteiger partial charge is 0.414 e. The van der Waals surface area contributed by atoms with Crippen molar-refractivity contribution in [3.63, 3.8) is 0 Å². The van der Waals surface area contributed by atoms with Gasteiger partial charge in [-0.2, -0.15) is 10.5 Å². The van der Waals surface area contributed by atoms with E-state index in [1.165, 1.54) is 6.20 Å². The lowest BCUT2D eigenvalue weighted by molar-refractivity contribution is 0.160.